The summed E-state index contributed by atoms with van der Waals surface area (Å²) >= 11 is 0. The van der Waals surface area contributed by atoms with Crippen molar-refractivity contribution in [3.63, 3.8) is 0 Å². The second-order valence-electron chi connectivity index (χ2n) is 4.54. The summed E-state index contributed by atoms with van der Waals surface area (Å²) < 4.78 is 0. The Balaban J connectivity index is 1.92. The lowest BCUT2D eigenvalue weighted by Crippen LogP contribution is -2.52. The Morgan fingerprint density at radius 1 is 1.39 bits per heavy atom. The van der Waals surface area contributed by atoms with Gasteiger partial charge in [0, 0.05) is 38.8 Å². The third kappa shape index (κ3) is 2.83. The second kappa shape index (κ2) is 5.88. The molecule has 0 spiro atoms. The van der Waals surface area contributed by atoms with E-state index in [9.17, 15) is 4.79 Å². The fourth-order valence-electron chi connectivity index (χ4n) is 2.11. The Labute approximate surface area is 107 Å². The standard InChI is InChI=1S/C12H19N5O/c1-10(8-13)16-4-6-17(7-5-16)12(18)11-2-3-14-15-9-11/h2-3,9-10H,4-8,13H2,1H3. The molecule has 1 aliphatic heterocycles. The normalized spacial score (nSPS) is 18.7. The first-order chi connectivity index (χ1) is 8.72. The third-order valence-corrected chi connectivity index (χ3v) is 3.40. The second-order valence-corrected chi connectivity index (χ2v) is 4.54. The van der Waals surface area contributed by atoms with Crippen LogP contribution in [0.4, 0.5) is 0 Å². The molecule has 1 aliphatic rings. The maximum Gasteiger partial charge on any atom is 0.255 e. The van der Waals surface area contributed by atoms with Crippen LogP contribution in [0.15, 0.2) is 18.5 Å². The van der Waals surface area contributed by atoms with Crippen LogP contribution >= 0.6 is 0 Å². The molecule has 98 valence electrons. The number of carbonyl (C=O) groups is 1. The van der Waals surface area contributed by atoms with Crippen LogP contribution < -0.4 is 5.73 Å². The number of aromatic nitrogens is 2. The quantitative estimate of drug-likeness (QED) is 0.787. The summed E-state index contributed by atoms with van der Waals surface area (Å²) in [5, 5.41) is 7.41. The van der Waals surface area contributed by atoms with Crippen molar-refractivity contribution in [3.05, 3.63) is 24.0 Å². The molecule has 6 heteroatoms. The molecule has 2 rings (SSSR count). The Morgan fingerprint density at radius 2 is 2.11 bits per heavy atom. The Bertz CT molecular complexity index is 389. The molecule has 0 radical (unpaired) electrons. The summed E-state index contributed by atoms with van der Waals surface area (Å²) in [4.78, 5) is 16.3. The lowest BCUT2D eigenvalue weighted by Gasteiger charge is -2.37. The predicted octanol–water partition coefficient (Wildman–Crippen LogP) is -0.418. The van der Waals surface area contributed by atoms with Gasteiger partial charge in [0.1, 0.15) is 0 Å². The van der Waals surface area contributed by atoms with Crippen LogP contribution in [0.2, 0.25) is 0 Å². The molecule has 6 nitrogen and oxygen atoms in total. The van der Waals surface area contributed by atoms with E-state index < -0.39 is 0 Å². The number of amides is 1. The average Bonchev–Trinajstić information content (AvgIpc) is 2.47. The van der Waals surface area contributed by atoms with E-state index in [-0.39, 0.29) is 5.91 Å². The van der Waals surface area contributed by atoms with Gasteiger partial charge in [-0.1, -0.05) is 0 Å². The lowest BCUT2D eigenvalue weighted by molar-refractivity contribution is 0.0588. The number of hydrogen-bond acceptors (Lipinski definition) is 5. The van der Waals surface area contributed by atoms with Crippen LogP contribution in [0.1, 0.15) is 17.3 Å². The van der Waals surface area contributed by atoms with E-state index in [0.717, 1.165) is 26.2 Å². The largest absolute Gasteiger partial charge is 0.336 e. The van der Waals surface area contributed by atoms with Crippen LogP contribution in [0.3, 0.4) is 0 Å². The van der Waals surface area contributed by atoms with Gasteiger partial charge < -0.3 is 10.6 Å². The van der Waals surface area contributed by atoms with Crippen molar-refractivity contribution in [1.29, 1.82) is 0 Å². The number of rotatable bonds is 3. The minimum atomic E-state index is 0.0324. The first-order valence-electron chi connectivity index (χ1n) is 6.22. The van der Waals surface area contributed by atoms with E-state index in [1.165, 1.54) is 6.20 Å². The number of nitrogens with zero attached hydrogens (tertiary/aromatic N) is 4. The summed E-state index contributed by atoms with van der Waals surface area (Å²) in [5.41, 5.74) is 6.25. The number of nitrogens with two attached hydrogens (primary N) is 1. The zero-order valence-electron chi connectivity index (χ0n) is 10.6. The van der Waals surface area contributed by atoms with Crippen LogP contribution in [0, 0.1) is 0 Å². The van der Waals surface area contributed by atoms with Gasteiger partial charge in [0.15, 0.2) is 0 Å². The van der Waals surface area contributed by atoms with Crippen molar-refractivity contribution in [2.75, 3.05) is 32.7 Å². The molecule has 2 N–H and O–H groups in total. The minimum absolute atomic E-state index is 0.0324. The molecule has 1 aromatic rings. The van der Waals surface area contributed by atoms with Crippen LogP contribution in [-0.2, 0) is 0 Å². The first-order valence-corrected chi connectivity index (χ1v) is 6.22. The smallest absolute Gasteiger partial charge is 0.255 e. The van der Waals surface area contributed by atoms with Crippen LogP contribution in [-0.4, -0.2) is 64.7 Å². The van der Waals surface area contributed by atoms with E-state index in [0.29, 0.717) is 18.2 Å². The van der Waals surface area contributed by atoms with E-state index >= 15 is 0 Å². The minimum Gasteiger partial charge on any atom is -0.336 e. The van der Waals surface area contributed by atoms with Crippen molar-refractivity contribution in [1.82, 2.24) is 20.0 Å². The van der Waals surface area contributed by atoms with Gasteiger partial charge in [-0.15, -0.1) is 0 Å². The highest BCUT2D eigenvalue weighted by molar-refractivity contribution is 5.93. The van der Waals surface area contributed by atoms with Crippen molar-refractivity contribution in [2.24, 2.45) is 5.73 Å². The van der Waals surface area contributed by atoms with E-state index in [1.807, 2.05) is 4.90 Å². The number of piperazine rings is 1. The summed E-state index contributed by atoms with van der Waals surface area (Å²) in [6.07, 6.45) is 3.05. The lowest BCUT2D eigenvalue weighted by atomic mass is 10.2. The highest BCUT2D eigenvalue weighted by atomic mass is 16.2. The van der Waals surface area contributed by atoms with E-state index in [2.05, 4.69) is 22.0 Å². The maximum absolute atomic E-state index is 12.2. The summed E-state index contributed by atoms with van der Waals surface area (Å²) in [6, 6.07) is 2.08. The van der Waals surface area contributed by atoms with Gasteiger partial charge in [0.2, 0.25) is 0 Å². The molecule has 18 heavy (non-hydrogen) atoms. The fraction of sp³-hybridized carbons (Fsp3) is 0.583. The highest BCUT2D eigenvalue weighted by Gasteiger charge is 2.24. The van der Waals surface area contributed by atoms with E-state index in [4.69, 9.17) is 5.73 Å². The molecule has 1 atom stereocenters. The van der Waals surface area contributed by atoms with E-state index in [1.54, 1.807) is 12.3 Å². The van der Waals surface area contributed by atoms with Gasteiger partial charge >= 0.3 is 0 Å². The number of hydrogen-bond donors (Lipinski definition) is 1. The molecule has 0 saturated carbocycles. The van der Waals surface area contributed by atoms with Gasteiger partial charge in [-0.05, 0) is 13.0 Å². The summed E-state index contributed by atoms with van der Waals surface area (Å²) in [7, 11) is 0. The molecule has 1 unspecified atom stereocenters. The Morgan fingerprint density at radius 3 is 2.67 bits per heavy atom. The summed E-state index contributed by atoms with van der Waals surface area (Å²) in [6.45, 7) is 6.01. The first kappa shape index (κ1) is 12.9. The molecule has 0 aromatic carbocycles. The Hall–Kier alpha value is -1.53. The predicted molar refractivity (Wildman–Crippen MR) is 68.0 cm³/mol. The van der Waals surface area contributed by atoms with Gasteiger partial charge in [-0.3, -0.25) is 9.69 Å². The molecule has 1 amide bonds. The molecule has 1 saturated heterocycles. The zero-order valence-corrected chi connectivity index (χ0v) is 10.6. The van der Waals surface area contributed by atoms with Crippen LogP contribution in [0.5, 0.6) is 0 Å². The molecule has 1 aromatic heterocycles. The molecular formula is C12H19N5O. The number of carbonyl (C=O) groups excluding carboxylic acids is 1. The maximum atomic E-state index is 12.2. The fourth-order valence-corrected chi connectivity index (χ4v) is 2.11. The highest BCUT2D eigenvalue weighted by Crippen LogP contribution is 2.09. The van der Waals surface area contributed by atoms with Crippen molar-refractivity contribution < 1.29 is 4.79 Å². The molecule has 1 fully saturated rings. The SMILES string of the molecule is CC(CN)N1CCN(C(=O)c2ccnnc2)CC1. The molecule has 0 bridgehead atoms. The van der Waals surface area contributed by atoms with Crippen LogP contribution in [0.25, 0.3) is 0 Å². The van der Waals surface area contributed by atoms with Crippen molar-refractivity contribution >= 4 is 5.91 Å². The average molecular weight is 249 g/mol. The molecule has 2 heterocycles. The van der Waals surface area contributed by atoms with Gasteiger partial charge in [0.05, 0.1) is 18.0 Å². The molecular weight excluding hydrogens is 230 g/mol. The van der Waals surface area contributed by atoms with Gasteiger partial charge in [-0.25, -0.2) is 0 Å². The van der Waals surface area contributed by atoms with Crippen molar-refractivity contribution in [3.8, 4) is 0 Å². The monoisotopic (exact) mass is 249 g/mol. The third-order valence-electron chi connectivity index (χ3n) is 3.40. The zero-order chi connectivity index (χ0) is 13.0. The van der Waals surface area contributed by atoms with Gasteiger partial charge in [-0.2, -0.15) is 10.2 Å². The van der Waals surface area contributed by atoms with Gasteiger partial charge in [0.25, 0.3) is 5.91 Å². The Kier molecular flexibility index (Phi) is 4.22. The summed E-state index contributed by atoms with van der Waals surface area (Å²) in [5.74, 6) is 0.0324. The molecule has 0 aliphatic carbocycles. The topological polar surface area (TPSA) is 75.3 Å². The van der Waals surface area contributed by atoms with Crippen molar-refractivity contribution in [2.45, 2.75) is 13.0 Å².